The van der Waals surface area contributed by atoms with Crippen LogP contribution in [0.2, 0.25) is 5.02 Å². The summed E-state index contributed by atoms with van der Waals surface area (Å²) in [6.45, 7) is 4.18. The zero-order valence-electron chi connectivity index (χ0n) is 16.1. The third-order valence-corrected chi connectivity index (χ3v) is 5.21. The molecule has 0 saturated carbocycles. The first kappa shape index (κ1) is 19.5. The van der Waals surface area contributed by atoms with Gasteiger partial charge in [-0.1, -0.05) is 17.7 Å². The van der Waals surface area contributed by atoms with Gasteiger partial charge in [0.1, 0.15) is 17.3 Å². The Balaban J connectivity index is 1.22. The van der Waals surface area contributed by atoms with Crippen LogP contribution < -0.4 is 10.2 Å². The van der Waals surface area contributed by atoms with Gasteiger partial charge < -0.3 is 14.6 Å². The molecule has 1 fully saturated rings. The average Bonchev–Trinajstić information content (AvgIpc) is 3.23. The lowest BCUT2D eigenvalue weighted by Gasteiger charge is -2.34. The Morgan fingerprint density at radius 3 is 2.55 bits per heavy atom. The molecule has 0 radical (unpaired) electrons. The number of carbonyl (C=O) groups excluding carboxylic acids is 1. The number of anilines is 1. The number of halogens is 1. The second kappa shape index (κ2) is 9.11. The van der Waals surface area contributed by atoms with Crippen LogP contribution in [0.5, 0.6) is 0 Å². The lowest BCUT2D eigenvalue weighted by Crippen LogP contribution is -2.49. The van der Waals surface area contributed by atoms with Crippen molar-refractivity contribution in [1.82, 2.24) is 15.2 Å². The smallest absolute Gasteiger partial charge is 0.234 e. The van der Waals surface area contributed by atoms with E-state index in [0.29, 0.717) is 18.1 Å². The molecule has 0 unspecified atom stereocenters. The van der Waals surface area contributed by atoms with E-state index in [9.17, 15) is 4.79 Å². The van der Waals surface area contributed by atoms with Gasteiger partial charge in [-0.2, -0.15) is 0 Å². The van der Waals surface area contributed by atoms with Gasteiger partial charge in [-0.3, -0.25) is 9.69 Å². The molecule has 0 spiro atoms. The summed E-state index contributed by atoms with van der Waals surface area (Å²) in [7, 11) is 0. The Labute approximate surface area is 175 Å². The maximum absolute atomic E-state index is 12.3. The van der Waals surface area contributed by atoms with Crippen LogP contribution in [0.25, 0.3) is 11.3 Å². The molecule has 1 saturated heterocycles. The highest BCUT2D eigenvalue weighted by Gasteiger charge is 2.19. The Kier molecular flexibility index (Phi) is 6.12. The molecule has 1 aromatic carbocycles. The molecule has 0 aliphatic carbocycles. The zero-order valence-corrected chi connectivity index (χ0v) is 16.8. The topological polar surface area (TPSA) is 61.6 Å². The number of carbonyl (C=O) groups is 1. The van der Waals surface area contributed by atoms with Crippen LogP contribution in [0, 0.1) is 0 Å². The maximum atomic E-state index is 12.3. The van der Waals surface area contributed by atoms with Gasteiger partial charge in [0.05, 0.1) is 13.1 Å². The van der Waals surface area contributed by atoms with Crippen molar-refractivity contribution in [3.05, 3.63) is 71.6 Å². The fraction of sp³-hybridized carbons (Fsp3) is 0.273. The van der Waals surface area contributed by atoms with E-state index >= 15 is 0 Å². The molecule has 1 aliphatic rings. The SMILES string of the molecule is O=C(CN1CCN(c2ccccn2)CC1)NCc1ccc(-c2ccc(Cl)cc2)o1. The highest BCUT2D eigenvalue weighted by Crippen LogP contribution is 2.23. The van der Waals surface area contributed by atoms with E-state index in [-0.39, 0.29) is 5.91 Å². The minimum Gasteiger partial charge on any atom is -0.459 e. The van der Waals surface area contributed by atoms with Gasteiger partial charge in [0, 0.05) is 43.0 Å². The number of benzene rings is 1. The summed E-state index contributed by atoms with van der Waals surface area (Å²) in [5, 5.41) is 3.63. The molecular weight excluding hydrogens is 388 g/mol. The summed E-state index contributed by atoms with van der Waals surface area (Å²) in [6, 6.07) is 17.2. The van der Waals surface area contributed by atoms with Crippen molar-refractivity contribution in [3.8, 4) is 11.3 Å². The Morgan fingerprint density at radius 1 is 1.03 bits per heavy atom. The van der Waals surface area contributed by atoms with E-state index < -0.39 is 0 Å². The predicted molar refractivity (Wildman–Crippen MR) is 114 cm³/mol. The summed E-state index contributed by atoms with van der Waals surface area (Å²) in [5.74, 6) is 2.48. The molecule has 150 valence electrons. The van der Waals surface area contributed by atoms with E-state index in [0.717, 1.165) is 49.1 Å². The monoisotopic (exact) mass is 410 g/mol. The van der Waals surface area contributed by atoms with E-state index in [1.165, 1.54) is 0 Å². The van der Waals surface area contributed by atoms with Crippen molar-refractivity contribution in [1.29, 1.82) is 0 Å². The molecule has 2 aromatic heterocycles. The molecule has 1 N–H and O–H groups in total. The lowest BCUT2D eigenvalue weighted by molar-refractivity contribution is -0.122. The Hall–Kier alpha value is -2.83. The van der Waals surface area contributed by atoms with Crippen molar-refractivity contribution >= 4 is 23.3 Å². The maximum Gasteiger partial charge on any atom is 0.234 e. The summed E-state index contributed by atoms with van der Waals surface area (Å²) >= 11 is 5.92. The normalized spacial score (nSPS) is 14.7. The van der Waals surface area contributed by atoms with Gasteiger partial charge in [0.2, 0.25) is 5.91 Å². The zero-order chi connectivity index (χ0) is 20.1. The average molecular weight is 411 g/mol. The Bertz CT molecular complexity index is 935. The first-order valence-electron chi connectivity index (χ1n) is 9.67. The number of amides is 1. The third kappa shape index (κ3) is 5.16. The van der Waals surface area contributed by atoms with Gasteiger partial charge in [0.15, 0.2) is 0 Å². The van der Waals surface area contributed by atoms with Crippen LogP contribution >= 0.6 is 11.6 Å². The standard InChI is InChI=1S/C22H23ClN4O2/c23-18-6-4-17(5-7-18)20-9-8-19(29-20)15-25-22(28)16-26-11-13-27(14-12-26)21-3-1-2-10-24-21/h1-10H,11-16H2,(H,25,28). The summed E-state index contributed by atoms with van der Waals surface area (Å²) < 4.78 is 5.83. The van der Waals surface area contributed by atoms with Crippen molar-refractivity contribution < 1.29 is 9.21 Å². The minimum absolute atomic E-state index is 0.000675. The molecule has 3 aromatic rings. The number of nitrogens with zero attached hydrogens (tertiary/aromatic N) is 3. The minimum atomic E-state index is 0.000675. The lowest BCUT2D eigenvalue weighted by atomic mass is 10.2. The third-order valence-electron chi connectivity index (χ3n) is 4.96. The molecule has 0 atom stereocenters. The molecule has 0 bridgehead atoms. The van der Waals surface area contributed by atoms with Gasteiger partial charge in [-0.05, 0) is 48.5 Å². The highest BCUT2D eigenvalue weighted by atomic mass is 35.5. The highest BCUT2D eigenvalue weighted by molar-refractivity contribution is 6.30. The van der Waals surface area contributed by atoms with Crippen LogP contribution in [-0.4, -0.2) is 48.5 Å². The van der Waals surface area contributed by atoms with Gasteiger partial charge >= 0.3 is 0 Å². The van der Waals surface area contributed by atoms with Crippen LogP contribution in [0.4, 0.5) is 5.82 Å². The first-order valence-corrected chi connectivity index (χ1v) is 10.0. The number of hydrogen-bond donors (Lipinski definition) is 1. The fourth-order valence-electron chi connectivity index (χ4n) is 3.36. The number of hydrogen-bond acceptors (Lipinski definition) is 5. The molecule has 3 heterocycles. The second-order valence-electron chi connectivity index (χ2n) is 7.00. The molecular formula is C22H23ClN4O2. The van der Waals surface area contributed by atoms with E-state index in [1.54, 1.807) is 0 Å². The second-order valence-corrected chi connectivity index (χ2v) is 7.44. The molecule has 7 heteroatoms. The number of furan rings is 1. The molecule has 29 heavy (non-hydrogen) atoms. The van der Waals surface area contributed by atoms with E-state index in [2.05, 4.69) is 20.1 Å². The number of aromatic nitrogens is 1. The van der Waals surface area contributed by atoms with E-state index in [4.69, 9.17) is 16.0 Å². The van der Waals surface area contributed by atoms with Crippen LogP contribution in [0.3, 0.4) is 0 Å². The van der Waals surface area contributed by atoms with Gasteiger partial charge in [0.25, 0.3) is 0 Å². The molecule has 1 aliphatic heterocycles. The predicted octanol–water partition coefficient (Wildman–Crippen LogP) is 3.43. The van der Waals surface area contributed by atoms with Crippen molar-refractivity contribution in [3.63, 3.8) is 0 Å². The van der Waals surface area contributed by atoms with Crippen molar-refractivity contribution in [2.24, 2.45) is 0 Å². The van der Waals surface area contributed by atoms with E-state index in [1.807, 2.05) is 60.8 Å². The van der Waals surface area contributed by atoms with Gasteiger partial charge in [-0.25, -0.2) is 4.98 Å². The summed E-state index contributed by atoms with van der Waals surface area (Å²) in [5.41, 5.74) is 0.956. The quantitative estimate of drug-likeness (QED) is 0.674. The molecule has 6 nitrogen and oxygen atoms in total. The summed E-state index contributed by atoms with van der Waals surface area (Å²) in [4.78, 5) is 21.1. The largest absolute Gasteiger partial charge is 0.459 e. The summed E-state index contributed by atoms with van der Waals surface area (Å²) in [6.07, 6.45) is 1.81. The number of pyridine rings is 1. The van der Waals surface area contributed by atoms with Crippen molar-refractivity contribution in [2.45, 2.75) is 6.54 Å². The number of nitrogens with one attached hydrogen (secondary N) is 1. The van der Waals surface area contributed by atoms with Crippen LogP contribution in [0.1, 0.15) is 5.76 Å². The first-order chi connectivity index (χ1) is 14.2. The molecule has 4 rings (SSSR count). The number of piperazine rings is 1. The van der Waals surface area contributed by atoms with Crippen LogP contribution in [0.15, 0.2) is 65.2 Å². The van der Waals surface area contributed by atoms with Crippen molar-refractivity contribution in [2.75, 3.05) is 37.6 Å². The van der Waals surface area contributed by atoms with Crippen LogP contribution in [-0.2, 0) is 11.3 Å². The number of rotatable bonds is 6. The Morgan fingerprint density at radius 2 is 1.83 bits per heavy atom. The fourth-order valence-corrected chi connectivity index (χ4v) is 3.49. The molecule has 1 amide bonds. The van der Waals surface area contributed by atoms with Gasteiger partial charge in [-0.15, -0.1) is 0 Å².